The lowest BCUT2D eigenvalue weighted by Gasteiger charge is -2.42. The molecule has 2 aromatic carbocycles. The Kier molecular flexibility index (Phi) is 8.13. The zero-order chi connectivity index (χ0) is 27.4. The number of nitrogens with one attached hydrogen (secondary N) is 2. The van der Waals surface area contributed by atoms with E-state index in [2.05, 4.69) is 10.6 Å². The molecule has 39 heavy (non-hydrogen) atoms. The quantitative estimate of drug-likeness (QED) is 0.460. The van der Waals surface area contributed by atoms with E-state index in [4.69, 9.17) is 14.2 Å². The number of carbonyl (C=O) groups excluding carboxylic acids is 3. The molecule has 2 aliphatic heterocycles. The van der Waals surface area contributed by atoms with Gasteiger partial charge in [0.05, 0.1) is 36.1 Å². The maximum atomic E-state index is 13.4. The highest BCUT2D eigenvalue weighted by Crippen LogP contribution is 2.32. The number of likely N-dealkylation sites (N-methyl/N-ethyl adjacent to an activating group) is 1. The first kappa shape index (κ1) is 26.7. The maximum Gasteiger partial charge on any atom is 0.265 e. The van der Waals surface area contributed by atoms with Crippen LogP contribution in [0.15, 0.2) is 60.0 Å². The standard InChI is InChI=1S/C29H31N3O6S/c1-32-23-10-9-21(15-27(33)30-16-18-5-3-6-20(13-18)36-2)38-25(23)17-37-24-11-8-19(14-22(24)29(32)35)31-28(34)26-7-4-12-39-26/h3-8,11-14,21,23,25H,9-10,15-17H2,1-2H3,(H,30,33)(H,31,34)/t21-,23+,25-/m0/s1. The van der Waals surface area contributed by atoms with Crippen molar-refractivity contribution in [3.63, 3.8) is 0 Å². The zero-order valence-corrected chi connectivity index (χ0v) is 22.7. The van der Waals surface area contributed by atoms with Gasteiger partial charge in [0.2, 0.25) is 5.91 Å². The minimum atomic E-state index is -0.366. The number of fused-ring (bicyclic) bond motifs is 2. The molecule has 5 rings (SSSR count). The van der Waals surface area contributed by atoms with Gasteiger partial charge in [0.1, 0.15) is 24.2 Å². The number of thiophene rings is 1. The first-order valence-electron chi connectivity index (χ1n) is 12.8. The number of ether oxygens (including phenoxy) is 3. The van der Waals surface area contributed by atoms with Gasteiger partial charge in [-0.05, 0) is 60.2 Å². The van der Waals surface area contributed by atoms with E-state index < -0.39 is 0 Å². The molecule has 0 radical (unpaired) electrons. The third-order valence-electron chi connectivity index (χ3n) is 7.05. The normalized spacial score (nSPS) is 20.5. The fraction of sp³-hybridized carbons (Fsp3) is 0.345. The van der Waals surface area contributed by atoms with Gasteiger partial charge < -0.3 is 29.7 Å². The molecule has 3 heterocycles. The highest BCUT2D eigenvalue weighted by Gasteiger charge is 2.39. The molecule has 3 amide bonds. The van der Waals surface area contributed by atoms with Gasteiger partial charge in [-0.3, -0.25) is 14.4 Å². The number of rotatable bonds is 7. The summed E-state index contributed by atoms with van der Waals surface area (Å²) >= 11 is 1.35. The molecule has 0 aliphatic carbocycles. The molecular weight excluding hydrogens is 518 g/mol. The predicted octanol–water partition coefficient (Wildman–Crippen LogP) is 4.10. The lowest BCUT2D eigenvalue weighted by Crippen LogP contribution is -2.53. The Morgan fingerprint density at radius 1 is 1.13 bits per heavy atom. The zero-order valence-electron chi connectivity index (χ0n) is 21.8. The van der Waals surface area contributed by atoms with Crippen LogP contribution in [0.1, 0.15) is 44.9 Å². The second-order valence-electron chi connectivity index (χ2n) is 9.64. The summed E-state index contributed by atoms with van der Waals surface area (Å²) in [4.78, 5) is 40.8. The lowest BCUT2D eigenvalue weighted by molar-refractivity contribution is -0.134. The van der Waals surface area contributed by atoms with E-state index in [1.54, 1.807) is 43.3 Å². The van der Waals surface area contributed by atoms with Crippen LogP contribution in [0.4, 0.5) is 5.69 Å². The Bertz CT molecular complexity index is 1340. The number of hydrogen-bond donors (Lipinski definition) is 2. The molecule has 9 nitrogen and oxygen atoms in total. The van der Waals surface area contributed by atoms with E-state index in [9.17, 15) is 14.4 Å². The summed E-state index contributed by atoms with van der Waals surface area (Å²) in [6.07, 6.45) is 0.936. The van der Waals surface area contributed by atoms with Crippen molar-refractivity contribution in [2.45, 2.75) is 44.1 Å². The van der Waals surface area contributed by atoms with Gasteiger partial charge in [-0.1, -0.05) is 18.2 Å². The molecule has 0 saturated carbocycles. The van der Waals surface area contributed by atoms with Gasteiger partial charge in [0.15, 0.2) is 0 Å². The van der Waals surface area contributed by atoms with Crippen LogP contribution in [0, 0.1) is 0 Å². The molecule has 204 valence electrons. The summed E-state index contributed by atoms with van der Waals surface area (Å²) in [7, 11) is 3.37. The number of nitrogens with zero attached hydrogens (tertiary/aromatic N) is 1. The molecule has 2 N–H and O–H groups in total. The summed E-state index contributed by atoms with van der Waals surface area (Å²) in [5.41, 5.74) is 1.86. The summed E-state index contributed by atoms with van der Waals surface area (Å²) in [6, 6.07) is 16.0. The third kappa shape index (κ3) is 6.23. The van der Waals surface area contributed by atoms with Gasteiger partial charge in [-0.25, -0.2) is 0 Å². The number of anilines is 1. The second-order valence-corrected chi connectivity index (χ2v) is 10.6. The summed E-state index contributed by atoms with van der Waals surface area (Å²) in [6.45, 7) is 0.653. The van der Waals surface area contributed by atoms with Gasteiger partial charge in [-0.15, -0.1) is 11.3 Å². The monoisotopic (exact) mass is 549 g/mol. The largest absolute Gasteiger partial charge is 0.497 e. The molecule has 0 spiro atoms. The van der Waals surface area contributed by atoms with Crippen molar-refractivity contribution in [3.05, 3.63) is 76.0 Å². The summed E-state index contributed by atoms with van der Waals surface area (Å²) < 4.78 is 17.6. The van der Waals surface area contributed by atoms with Crippen LogP contribution in [0.3, 0.4) is 0 Å². The molecule has 3 aromatic rings. The van der Waals surface area contributed by atoms with Crippen molar-refractivity contribution in [2.75, 3.05) is 26.1 Å². The second kappa shape index (κ2) is 11.9. The molecular formula is C29H31N3O6S. The van der Waals surface area contributed by atoms with Crippen LogP contribution < -0.4 is 20.1 Å². The van der Waals surface area contributed by atoms with E-state index in [0.29, 0.717) is 41.3 Å². The molecule has 10 heteroatoms. The Labute approximate surface area is 231 Å². The molecule has 1 fully saturated rings. The lowest BCUT2D eigenvalue weighted by atomic mass is 9.94. The molecule has 1 saturated heterocycles. The Hall–Kier alpha value is -3.89. The van der Waals surface area contributed by atoms with Crippen LogP contribution >= 0.6 is 11.3 Å². The molecule has 3 atom stereocenters. The predicted molar refractivity (Wildman–Crippen MR) is 147 cm³/mol. The fourth-order valence-corrected chi connectivity index (χ4v) is 5.59. The minimum absolute atomic E-state index is 0.0973. The average molecular weight is 550 g/mol. The smallest absolute Gasteiger partial charge is 0.265 e. The van der Waals surface area contributed by atoms with E-state index >= 15 is 0 Å². The van der Waals surface area contributed by atoms with Crippen molar-refractivity contribution in [3.8, 4) is 11.5 Å². The van der Waals surface area contributed by atoms with E-state index in [1.165, 1.54) is 11.3 Å². The number of benzene rings is 2. The van der Waals surface area contributed by atoms with Gasteiger partial charge in [0, 0.05) is 19.3 Å². The minimum Gasteiger partial charge on any atom is -0.497 e. The fourth-order valence-electron chi connectivity index (χ4n) is 4.97. The highest BCUT2D eigenvalue weighted by molar-refractivity contribution is 7.12. The topological polar surface area (TPSA) is 106 Å². The maximum absolute atomic E-state index is 13.4. The molecule has 0 unspecified atom stereocenters. The van der Waals surface area contributed by atoms with Crippen molar-refractivity contribution in [2.24, 2.45) is 0 Å². The van der Waals surface area contributed by atoms with Crippen LogP contribution in [-0.2, 0) is 16.1 Å². The van der Waals surface area contributed by atoms with Gasteiger partial charge in [0.25, 0.3) is 11.8 Å². The van der Waals surface area contributed by atoms with E-state index in [-0.39, 0.29) is 49.0 Å². The van der Waals surface area contributed by atoms with Crippen molar-refractivity contribution in [1.29, 1.82) is 0 Å². The Morgan fingerprint density at radius 2 is 2.00 bits per heavy atom. The molecule has 1 aromatic heterocycles. The van der Waals surface area contributed by atoms with Crippen LogP contribution in [0.25, 0.3) is 0 Å². The third-order valence-corrected chi connectivity index (χ3v) is 7.92. The van der Waals surface area contributed by atoms with Crippen LogP contribution in [-0.4, -0.2) is 61.6 Å². The van der Waals surface area contributed by atoms with Gasteiger partial charge in [-0.2, -0.15) is 0 Å². The Balaban J connectivity index is 1.20. The summed E-state index contributed by atoms with van der Waals surface area (Å²) in [5, 5.41) is 7.63. The number of methoxy groups -OCH3 is 1. The van der Waals surface area contributed by atoms with E-state index in [1.807, 2.05) is 35.7 Å². The number of hydrogen-bond acceptors (Lipinski definition) is 7. The first-order chi connectivity index (χ1) is 18.9. The average Bonchev–Trinajstić information content (AvgIpc) is 3.50. The number of carbonyl (C=O) groups is 3. The van der Waals surface area contributed by atoms with Crippen LogP contribution in [0.2, 0.25) is 0 Å². The molecule has 0 bridgehead atoms. The highest BCUT2D eigenvalue weighted by atomic mass is 32.1. The molecule has 2 aliphatic rings. The van der Waals surface area contributed by atoms with Crippen LogP contribution in [0.5, 0.6) is 11.5 Å². The van der Waals surface area contributed by atoms with E-state index in [0.717, 1.165) is 11.3 Å². The number of amides is 3. The Morgan fingerprint density at radius 3 is 2.79 bits per heavy atom. The van der Waals surface area contributed by atoms with Crippen molar-refractivity contribution < 1.29 is 28.6 Å². The first-order valence-corrected chi connectivity index (χ1v) is 13.7. The van der Waals surface area contributed by atoms with Crippen molar-refractivity contribution in [1.82, 2.24) is 10.2 Å². The van der Waals surface area contributed by atoms with Gasteiger partial charge >= 0.3 is 0 Å². The summed E-state index contributed by atoms with van der Waals surface area (Å²) in [5.74, 6) is 0.648. The van der Waals surface area contributed by atoms with Crippen molar-refractivity contribution >= 4 is 34.7 Å². The SMILES string of the molecule is COc1cccc(CNC(=O)C[C@@H]2CC[C@@H]3[C@H](COc4ccc(NC(=O)c5cccs5)cc4C(=O)N3C)O2)c1.